The fraction of sp³-hybridized carbons (Fsp3) is 0.364. The first-order valence-electron chi connectivity index (χ1n) is 14.0. The molecule has 0 spiro atoms. The van der Waals surface area contributed by atoms with E-state index in [1.807, 2.05) is 20.8 Å². The lowest BCUT2D eigenvalue weighted by molar-refractivity contribution is -0.147. The van der Waals surface area contributed by atoms with Gasteiger partial charge in [0.2, 0.25) is 17.7 Å². The summed E-state index contributed by atoms with van der Waals surface area (Å²) in [5.74, 6) is -2.01. The van der Waals surface area contributed by atoms with E-state index in [4.69, 9.17) is 11.5 Å². The second-order valence-electron chi connectivity index (χ2n) is 11.9. The van der Waals surface area contributed by atoms with E-state index < -0.39 is 41.7 Å². The third kappa shape index (κ3) is 8.54. The molecule has 0 saturated heterocycles. The number of carbonyl (C=O) groups is 3. The Labute approximate surface area is 251 Å². The first-order chi connectivity index (χ1) is 20.1. The maximum atomic E-state index is 14.0. The van der Waals surface area contributed by atoms with Crippen molar-refractivity contribution >= 4 is 17.7 Å². The molecule has 43 heavy (non-hydrogen) atoms. The molecule has 0 bridgehead atoms. The number of likely N-dealkylation sites (N-methyl/N-ethyl adjacent to an activating group) is 2. The SMILES string of the molecule is CN(C(=O)[C@@H](N)Cc1ccc(F)cc1)[C@H](Cc1ccc(O)cc1)C(=O)N(C)[C@@H](Cc1ccc(O)c(C(C)(C)C)c1)C(N)=O. The summed E-state index contributed by atoms with van der Waals surface area (Å²) in [6.07, 6.45) is 0.294. The predicted octanol–water partition coefficient (Wildman–Crippen LogP) is 3.03. The van der Waals surface area contributed by atoms with Crippen molar-refractivity contribution in [3.63, 3.8) is 0 Å². The number of phenolic OH excluding ortho intramolecular Hbond substituents is 2. The van der Waals surface area contributed by atoms with Crippen molar-refractivity contribution in [2.24, 2.45) is 11.5 Å². The van der Waals surface area contributed by atoms with Gasteiger partial charge < -0.3 is 31.5 Å². The monoisotopic (exact) mass is 592 g/mol. The van der Waals surface area contributed by atoms with Crippen LogP contribution in [0.1, 0.15) is 43.0 Å². The molecule has 10 heteroatoms. The zero-order valence-electron chi connectivity index (χ0n) is 25.3. The van der Waals surface area contributed by atoms with Crippen LogP contribution < -0.4 is 11.5 Å². The van der Waals surface area contributed by atoms with E-state index in [1.54, 1.807) is 42.5 Å². The largest absolute Gasteiger partial charge is 0.508 e. The molecule has 0 saturated carbocycles. The van der Waals surface area contributed by atoms with Crippen molar-refractivity contribution in [3.05, 3.63) is 94.8 Å². The van der Waals surface area contributed by atoms with Gasteiger partial charge in [0.15, 0.2) is 0 Å². The summed E-state index contributed by atoms with van der Waals surface area (Å²) in [5, 5.41) is 20.1. The molecule has 3 amide bonds. The van der Waals surface area contributed by atoms with Crippen LogP contribution in [0.2, 0.25) is 0 Å². The molecular formula is C33H41FN4O5. The first-order valence-corrected chi connectivity index (χ1v) is 14.0. The minimum atomic E-state index is -1.06. The molecular weight excluding hydrogens is 551 g/mol. The summed E-state index contributed by atoms with van der Waals surface area (Å²) in [6, 6.07) is 13.8. The molecule has 3 aromatic carbocycles. The van der Waals surface area contributed by atoms with Crippen LogP contribution in [0.3, 0.4) is 0 Å². The van der Waals surface area contributed by atoms with E-state index in [0.29, 0.717) is 22.3 Å². The quantitative estimate of drug-likeness (QED) is 0.269. The van der Waals surface area contributed by atoms with Gasteiger partial charge in [-0.15, -0.1) is 0 Å². The Kier molecular flexibility index (Phi) is 10.5. The minimum Gasteiger partial charge on any atom is -0.508 e. The molecule has 3 aromatic rings. The molecule has 230 valence electrons. The molecule has 3 rings (SSSR count). The van der Waals surface area contributed by atoms with Crippen molar-refractivity contribution in [1.82, 2.24) is 9.80 Å². The van der Waals surface area contributed by atoms with E-state index >= 15 is 0 Å². The van der Waals surface area contributed by atoms with Crippen LogP contribution >= 0.6 is 0 Å². The van der Waals surface area contributed by atoms with Gasteiger partial charge in [0.05, 0.1) is 6.04 Å². The number of phenols is 2. The van der Waals surface area contributed by atoms with Gasteiger partial charge in [-0.1, -0.05) is 57.2 Å². The van der Waals surface area contributed by atoms with Gasteiger partial charge in [0, 0.05) is 26.9 Å². The van der Waals surface area contributed by atoms with Crippen LogP contribution in [0.5, 0.6) is 11.5 Å². The highest BCUT2D eigenvalue weighted by molar-refractivity contribution is 5.93. The van der Waals surface area contributed by atoms with Gasteiger partial charge in [-0.3, -0.25) is 14.4 Å². The molecule has 0 aliphatic carbocycles. The number of hydrogen-bond acceptors (Lipinski definition) is 6. The van der Waals surface area contributed by atoms with Crippen LogP contribution in [-0.4, -0.2) is 70.0 Å². The number of nitrogens with zero attached hydrogens (tertiary/aromatic N) is 2. The Bertz CT molecular complexity index is 1440. The van der Waals surface area contributed by atoms with Crippen LogP contribution in [0.25, 0.3) is 0 Å². The van der Waals surface area contributed by atoms with Crippen LogP contribution in [0.15, 0.2) is 66.7 Å². The van der Waals surface area contributed by atoms with Crippen molar-refractivity contribution in [3.8, 4) is 11.5 Å². The summed E-state index contributed by atoms with van der Waals surface area (Å²) >= 11 is 0. The number of nitrogens with two attached hydrogens (primary N) is 2. The zero-order chi connectivity index (χ0) is 32.1. The van der Waals surface area contributed by atoms with E-state index in [9.17, 15) is 29.0 Å². The Morgan fingerprint density at radius 2 is 1.26 bits per heavy atom. The van der Waals surface area contributed by atoms with Gasteiger partial charge in [-0.25, -0.2) is 4.39 Å². The van der Waals surface area contributed by atoms with E-state index in [1.165, 1.54) is 48.2 Å². The number of halogens is 1. The summed E-state index contributed by atoms with van der Waals surface area (Å²) in [4.78, 5) is 42.7. The summed E-state index contributed by atoms with van der Waals surface area (Å²) in [5.41, 5.74) is 14.4. The molecule has 3 atom stereocenters. The number of aromatic hydroxyl groups is 2. The van der Waals surface area contributed by atoms with Crippen LogP contribution in [0, 0.1) is 5.82 Å². The van der Waals surface area contributed by atoms with Gasteiger partial charge in [-0.05, 0) is 64.4 Å². The number of benzene rings is 3. The van der Waals surface area contributed by atoms with Gasteiger partial charge in [0.25, 0.3) is 0 Å². The van der Waals surface area contributed by atoms with E-state index in [-0.39, 0.29) is 36.2 Å². The van der Waals surface area contributed by atoms with Crippen molar-refractivity contribution in [1.29, 1.82) is 0 Å². The van der Waals surface area contributed by atoms with Crippen molar-refractivity contribution in [2.75, 3.05) is 14.1 Å². The van der Waals surface area contributed by atoms with Gasteiger partial charge in [0.1, 0.15) is 29.4 Å². The lowest BCUT2D eigenvalue weighted by Crippen LogP contribution is -2.57. The van der Waals surface area contributed by atoms with E-state index in [0.717, 1.165) is 0 Å². The predicted molar refractivity (Wildman–Crippen MR) is 163 cm³/mol. The molecule has 0 aliphatic heterocycles. The molecule has 0 aliphatic rings. The fourth-order valence-corrected chi connectivity index (χ4v) is 4.97. The van der Waals surface area contributed by atoms with E-state index in [2.05, 4.69) is 0 Å². The topological polar surface area (TPSA) is 150 Å². The van der Waals surface area contributed by atoms with Crippen molar-refractivity contribution < 1.29 is 29.0 Å². The summed E-state index contributed by atoms with van der Waals surface area (Å²) < 4.78 is 13.4. The maximum absolute atomic E-state index is 14.0. The number of carbonyl (C=O) groups excluding carboxylic acids is 3. The minimum absolute atomic E-state index is 0.0480. The first kappa shape index (κ1) is 33.1. The normalized spacial score (nSPS) is 13.6. The van der Waals surface area contributed by atoms with Gasteiger partial charge >= 0.3 is 0 Å². The van der Waals surface area contributed by atoms with Gasteiger partial charge in [-0.2, -0.15) is 0 Å². The Balaban J connectivity index is 1.90. The number of rotatable bonds is 11. The molecule has 9 nitrogen and oxygen atoms in total. The standard InChI is InChI=1S/C33H41FN4O5/c1-33(2,3)25-16-22(10-15-29(25)40)19-27(30(36)41)37(4)32(43)28(18-21-8-13-24(39)14-9-21)38(5)31(42)26(35)17-20-6-11-23(34)12-7-20/h6-16,26-28,39-40H,17-19,35H2,1-5H3,(H2,36,41)/t26-,27-,28+/m0/s1. The highest BCUT2D eigenvalue weighted by atomic mass is 19.1. The molecule has 0 unspecified atom stereocenters. The molecule has 0 heterocycles. The number of hydrogen-bond donors (Lipinski definition) is 4. The molecule has 0 fully saturated rings. The average Bonchev–Trinajstić information content (AvgIpc) is 2.95. The maximum Gasteiger partial charge on any atom is 0.246 e. The van der Waals surface area contributed by atoms with Crippen LogP contribution in [-0.2, 0) is 39.1 Å². The third-order valence-corrected chi connectivity index (χ3v) is 7.59. The third-order valence-electron chi connectivity index (χ3n) is 7.59. The highest BCUT2D eigenvalue weighted by Crippen LogP contribution is 2.31. The molecule has 6 N–H and O–H groups in total. The second-order valence-corrected chi connectivity index (χ2v) is 11.9. The highest BCUT2D eigenvalue weighted by Gasteiger charge is 2.36. The fourth-order valence-electron chi connectivity index (χ4n) is 4.97. The Morgan fingerprint density at radius 1 is 0.767 bits per heavy atom. The lowest BCUT2D eigenvalue weighted by atomic mass is 9.84. The number of amides is 3. The van der Waals surface area contributed by atoms with Crippen molar-refractivity contribution in [2.45, 2.75) is 63.6 Å². The zero-order valence-corrected chi connectivity index (χ0v) is 25.3. The second kappa shape index (κ2) is 13.7. The van der Waals surface area contributed by atoms with Crippen LogP contribution in [0.4, 0.5) is 4.39 Å². The lowest BCUT2D eigenvalue weighted by Gasteiger charge is -2.35. The Hall–Kier alpha value is -4.44. The smallest absolute Gasteiger partial charge is 0.246 e. The Morgan fingerprint density at radius 3 is 1.81 bits per heavy atom. The summed E-state index contributed by atoms with van der Waals surface area (Å²) in [7, 11) is 2.93. The average molecular weight is 593 g/mol. The number of primary amides is 1. The summed E-state index contributed by atoms with van der Waals surface area (Å²) in [6.45, 7) is 5.86. The molecule has 0 radical (unpaired) electrons. The molecule has 0 aromatic heterocycles.